The summed E-state index contributed by atoms with van der Waals surface area (Å²) in [6.07, 6.45) is 0. The van der Waals surface area contributed by atoms with E-state index in [1.165, 1.54) is 5.69 Å². The fraction of sp³-hybridized carbons (Fsp3) is 0.750. The second-order valence-corrected chi connectivity index (χ2v) is 20.3. The first kappa shape index (κ1) is 23.5. The molecule has 0 saturated carbocycles. The van der Waals surface area contributed by atoms with E-state index >= 15 is 0 Å². The first-order chi connectivity index (χ1) is 11.3. The van der Waals surface area contributed by atoms with Crippen molar-refractivity contribution in [3.8, 4) is 0 Å². The molecular weight excluding hydrogens is 333 g/mol. The van der Waals surface area contributed by atoms with Crippen molar-refractivity contribution in [1.29, 1.82) is 0 Å². The molecule has 0 aliphatic carbocycles. The van der Waals surface area contributed by atoms with Gasteiger partial charge in [0, 0.05) is 0 Å². The Bertz CT molecular complexity index is 558. The fourth-order valence-electron chi connectivity index (χ4n) is 8.64. The summed E-state index contributed by atoms with van der Waals surface area (Å²) in [4.78, 5) is 2.20. The Morgan fingerprint density at radius 1 is 0.538 bits per heavy atom. The van der Waals surface area contributed by atoms with Crippen molar-refractivity contribution >= 4 is 17.6 Å². The second-order valence-electron chi connectivity index (χ2n) is 12.2. The van der Waals surface area contributed by atoms with Gasteiger partial charge in [-0.1, -0.05) is 0 Å². The Labute approximate surface area is 164 Å². The Morgan fingerprint density at radius 2 is 0.808 bits per heavy atom. The zero-order valence-electron chi connectivity index (χ0n) is 20.2. The van der Waals surface area contributed by atoms with Crippen molar-refractivity contribution in [2.75, 3.05) is 19.0 Å². The molecule has 1 rings (SSSR count). The van der Waals surface area contributed by atoms with Crippen LogP contribution in [-0.4, -0.2) is 34.7 Å². The van der Waals surface area contributed by atoms with Gasteiger partial charge in [0.2, 0.25) is 0 Å². The van der Waals surface area contributed by atoms with E-state index in [2.05, 4.69) is 126 Å². The molecule has 0 aromatic heterocycles. The number of rotatable bonds is 2. The van der Waals surface area contributed by atoms with E-state index in [1.807, 2.05) is 0 Å². The molecule has 0 spiro atoms. The predicted octanol–water partition coefficient (Wildman–Crippen LogP) is 7.13. The quantitative estimate of drug-likeness (QED) is 0.494. The summed E-state index contributed by atoms with van der Waals surface area (Å²) in [7, 11) is 4.24. The van der Waals surface area contributed by atoms with Crippen LogP contribution in [0.1, 0.15) is 83.1 Å². The number of nitrogens with zero attached hydrogens (tertiary/aromatic N) is 1. The van der Waals surface area contributed by atoms with Crippen LogP contribution in [0.3, 0.4) is 0 Å². The van der Waals surface area contributed by atoms with E-state index in [9.17, 15) is 0 Å². The van der Waals surface area contributed by atoms with E-state index in [-0.39, 0.29) is 20.6 Å². The summed E-state index contributed by atoms with van der Waals surface area (Å²) in [5.41, 5.74) is 1.27. The van der Waals surface area contributed by atoms with Crippen LogP contribution in [0.2, 0.25) is 0 Å². The van der Waals surface area contributed by atoms with Crippen molar-refractivity contribution in [3.05, 3.63) is 24.3 Å². The maximum absolute atomic E-state index is 2.63. The average Bonchev–Trinajstić information content (AvgIpc) is 2.33. The standard InChI is InChI=1S/C24H46NP/c1-21(2,3)26(22(4,5)6,23(7,8)9,24(10,11)12)20-17-15-19(16-18-20)25(13)14/h15-18H,1-14H3. The molecule has 0 radical (unpaired) electrons. The first-order valence-electron chi connectivity index (χ1n) is 10.1. The van der Waals surface area contributed by atoms with Gasteiger partial charge >= 0.3 is 165 Å². The van der Waals surface area contributed by atoms with Gasteiger partial charge in [-0.05, 0) is 0 Å². The predicted molar refractivity (Wildman–Crippen MR) is 126 cm³/mol. The average molecular weight is 380 g/mol. The fourth-order valence-corrected chi connectivity index (χ4v) is 24.6. The van der Waals surface area contributed by atoms with Crippen LogP contribution in [0.25, 0.3) is 0 Å². The molecule has 2 heteroatoms. The molecular formula is C24H46NP. The van der Waals surface area contributed by atoms with Gasteiger partial charge in [0.25, 0.3) is 0 Å². The normalized spacial score (nSPS) is 16.2. The minimum absolute atomic E-state index is 0.167. The van der Waals surface area contributed by atoms with Gasteiger partial charge in [0.1, 0.15) is 0 Å². The zero-order chi connectivity index (χ0) is 21.0. The first-order valence-corrected chi connectivity index (χ1v) is 12.3. The van der Waals surface area contributed by atoms with Gasteiger partial charge in [-0.2, -0.15) is 0 Å². The van der Waals surface area contributed by atoms with Crippen molar-refractivity contribution in [2.45, 2.75) is 104 Å². The number of hydrogen-bond acceptors (Lipinski definition) is 1. The molecule has 1 nitrogen and oxygen atoms in total. The third kappa shape index (κ3) is 2.45. The van der Waals surface area contributed by atoms with Crippen LogP contribution >= 0.6 is 6.60 Å². The molecule has 1 aromatic rings. The zero-order valence-corrected chi connectivity index (χ0v) is 21.1. The Balaban J connectivity index is 4.32. The summed E-state index contributed by atoms with van der Waals surface area (Å²) in [6.45, 7) is 27.4. The Hall–Kier alpha value is -0.550. The molecule has 0 atom stereocenters. The molecule has 1 aromatic carbocycles. The molecule has 0 fully saturated rings. The monoisotopic (exact) mass is 379 g/mol. The van der Waals surface area contributed by atoms with E-state index in [0.29, 0.717) is 0 Å². The minimum atomic E-state index is -2.63. The van der Waals surface area contributed by atoms with Gasteiger partial charge in [-0.25, -0.2) is 0 Å². The van der Waals surface area contributed by atoms with E-state index < -0.39 is 6.60 Å². The molecule has 0 heterocycles. The van der Waals surface area contributed by atoms with E-state index in [4.69, 9.17) is 0 Å². The molecule has 0 unspecified atom stereocenters. The van der Waals surface area contributed by atoms with Gasteiger partial charge < -0.3 is 0 Å². The Kier molecular flexibility index (Phi) is 5.63. The number of benzene rings is 1. The third-order valence-electron chi connectivity index (χ3n) is 7.25. The molecule has 0 N–H and O–H groups in total. The molecule has 0 aliphatic rings. The topological polar surface area (TPSA) is 3.24 Å². The summed E-state index contributed by atoms with van der Waals surface area (Å²) in [5.74, 6) is 0. The van der Waals surface area contributed by atoms with Crippen LogP contribution in [-0.2, 0) is 0 Å². The molecule has 26 heavy (non-hydrogen) atoms. The van der Waals surface area contributed by atoms with Crippen LogP contribution in [0.4, 0.5) is 5.69 Å². The van der Waals surface area contributed by atoms with Gasteiger partial charge in [-0.15, -0.1) is 0 Å². The van der Waals surface area contributed by atoms with Crippen molar-refractivity contribution < 1.29 is 0 Å². The molecule has 0 saturated heterocycles. The number of hydrogen-bond donors (Lipinski definition) is 0. The molecule has 152 valence electrons. The summed E-state index contributed by atoms with van der Waals surface area (Å²) in [6, 6.07) is 9.57. The van der Waals surface area contributed by atoms with Crippen molar-refractivity contribution in [2.24, 2.45) is 0 Å². The summed E-state index contributed by atoms with van der Waals surface area (Å²) >= 11 is 0. The van der Waals surface area contributed by atoms with Crippen molar-refractivity contribution in [1.82, 2.24) is 0 Å². The number of anilines is 1. The summed E-state index contributed by atoms with van der Waals surface area (Å²) in [5, 5.41) is 2.25. The second kappa shape index (κ2) is 6.23. The van der Waals surface area contributed by atoms with Crippen molar-refractivity contribution in [3.63, 3.8) is 0 Å². The van der Waals surface area contributed by atoms with Crippen LogP contribution in [0.5, 0.6) is 0 Å². The van der Waals surface area contributed by atoms with Gasteiger partial charge in [0.05, 0.1) is 0 Å². The van der Waals surface area contributed by atoms with Crippen LogP contribution in [0.15, 0.2) is 24.3 Å². The third-order valence-corrected chi connectivity index (χ3v) is 19.3. The molecule has 0 bridgehead atoms. The Morgan fingerprint density at radius 3 is 1.00 bits per heavy atom. The van der Waals surface area contributed by atoms with Crippen LogP contribution in [0, 0.1) is 0 Å². The van der Waals surface area contributed by atoms with Gasteiger partial charge in [-0.3, -0.25) is 0 Å². The van der Waals surface area contributed by atoms with E-state index in [1.54, 1.807) is 5.30 Å². The summed E-state index contributed by atoms with van der Waals surface area (Å²) < 4.78 is 0. The van der Waals surface area contributed by atoms with Gasteiger partial charge in [0.15, 0.2) is 0 Å². The van der Waals surface area contributed by atoms with E-state index in [0.717, 1.165) is 0 Å². The molecule has 0 amide bonds. The molecule has 0 aliphatic heterocycles. The SMILES string of the molecule is CN(C)c1ccc(P(C(C)(C)C)(C(C)(C)C)(C(C)(C)C)C(C)(C)C)cc1. The van der Waals surface area contributed by atoms with Crippen LogP contribution < -0.4 is 10.2 Å². The maximum atomic E-state index is 2.51.